The molecule has 0 bridgehead atoms. The van der Waals surface area contributed by atoms with Crippen LogP contribution in [0.1, 0.15) is 18.1 Å². The number of nitrogen functional groups attached to an aromatic ring is 1. The number of nitrogens with two attached hydrogens (primary N) is 1. The molecule has 0 aromatic heterocycles. The van der Waals surface area contributed by atoms with Crippen LogP contribution in [-0.4, -0.2) is 22.8 Å². The third-order valence-corrected chi connectivity index (χ3v) is 4.83. The van der Waals surface area contributed by atoms with Crippen molar-refractivity contribution in [3.8, 4) is 0 Å². The zero-order chi connectivity index (χ0) is 18.4. The molecule has 1 atom stereocenters. The largest absolute Gasteiger partial charge is 0.399 e. The van der Waals surface area contributed by atoms with Gasteiger partial charge in [-0.25, -0.2) is 0 Å². The van der Waals surface area contributed by atoms with E-state index >= 15 is 0 Å². The number of aryl methyl sites for hydroxylation is 2. The number of thioether (sulfide) groups is 1. The predicted molar refractivity (Wildman–Crippen MR) is 113 cm³/mol. The van der Waals surface area contributed by atoms with Gasteiger partial charge in [-0.2, -0.15) is 0 Å². The van der Waals surface area contributed by atoms with Crippen LogP contribution in [0.2, 0.25) is 0 Å². The van der Waals surface area contributed by atoms with Crippen LogP contribution in [0.25, 0.3) is 0 Å². The number of amides is 2. The average molecular weight is 394 g/mol. The molecule has 0 aliphatic carbocycles. The quantitative estimate of drug-likeness (QED) is 0.647. The molecule has 5 nitrogen and oxygen atoms in total. The minimum Gasteiger partial charge on any atom is -0.399 e. The highest BCUT2D eigenvalue weighted by Gasteiger charge is 2.16. The predicted octanol–water partition coefficient (Wildman–Crippen LogP) is 4.01. The van der Waals surface area contributed by atoms with Crippen molar-refractivity contribution >= 4 is 53.0 Å². The highest BCUT2D eigenvalue weighted by molar-refractivity contribution is 8.01. The number of carbonyl (C=O) groups excluding carboxylic acids is 2. The van der Waals surface area contributed by atoms with Gasteiger partial charge in [0.1, 0.15) is 0 Å². The minimum atomic E-state index is -0.357. The maximum atomic E-state index is 12.3. The molecule has 0 aliphatic heterocycles. The van der Waals surface area contributed by atoms with E-state index in [4.69, 9.17) is 5.73 Å². The first kappa shape index (κ1) is 21.9. The van der Waals surface area contributed by atoms with Crippen LogP contribution >= 0.6 is 24.2 Å². The molecule has 1 unspecified atom stereocenters. The van der Waals surface area contributed by atoms with Crippen molar-refractivity contribution in [3.05, 3.63) is 53.6 Å². The van der Waals surface area contributed by atoms with Crippen molar-refractivity contribution in [1.82, 2.24) is 0 Å². The van der Waals surface area contributed by atoms with E-state index in [2.05, 4.69) is 10.6 Å². The second-order valence-electron chi connectivity index (χ2n) is 5.93. The van der Waals surface area contributed by atoms with Crippen molar-refractivity contribution in [3.63, 3.8) is 0 Å². The zero-order valence-electron chi connectivity index (χ0n) is 15.0. The summed E-state index contributed by atoms with van der Waals surface area (Å²) in [7, 11) is 0. The van der Waals surface area contributed by atoms with Crippen molar-refractivity contribution in [2.75, 3.05) is 22.1 Å². The fraction of sp³-hybridized carbons (Fsp3) is 0.263. The van der Waals surface area contributed by atoms with Gasteiger partial charge in [0.15, 0.2) is 0 Å². The molecular weight excluding hydrogens is 370 g/mol. The lowest BCUT2D eigenvalue weighted by Gasteiger charge is -2.14. The minimum absolute atomic E-state index is 0. The first-order valence-corrected chi connectivity index (χ1v) is 9.05. The molecule has 2 amide bonds. The molecule has 0 heterocycles. The summed E-state index contributed by atoms with van der Waals surface area (Å²) in [6.07, 6.45) is 0. The van der Waals surface area contributed by atoms with Crippen molar-refractivity contribution < 1.29 is 9.59 Å². The molecule has 140 valence electrons. The van der Waals surface area contributed by atoms with Crippen molar-refractivity contribution in [1.29, 1.82) is 0 Å². The molecule has 2 aromatic rings. The van der Waals surface area contributed by atoms with E-state index in [-0.39, 0.29) is 35.2 Å². The lowest BCUT2D eigenvalue weighted by molar-refractivity contribution is -0.115. The van der Waals surface area contributed by atoms with E-state index in [1.807, 2.05) is 44.2 Å². The molecule has 0 saturated carbocycles. The summed E-state index contributed by atoms with van der Waals surface area (Å²) in [6.45, 7) is 5.67. The maximum Gasteiger partial charge on any atom is 0.237 e. The standard InChI is InChI=1S/C19H23N3O2S.ClH/c1-12-4-8-16(9-5-12)21-18(23)11-25-14(3)19(24)22-17-10-15(20)7-6-13(17)2;/h4-10,14H,11,20H2,1-3H3,(H,21,23)(H,22,24);1H. The van der Waals surface area contributed by atoms with Gasteiger partial charge in [-0.05, 0) is 50.6 Å². The lowest BCUT2D eigenvalue weighted by atomic mass is 10.2. The SMILES string of the molecule is Cc1ccc(NC(=O)CSC(C)C(=O)Nc2cc(N)ccc2C)cc1.Cl. The Bertz CT molecular complexity index is 766. The third kappa shape index (κ3) is 6.61. The van der Waals surface area contributed by atoms with Crippen molar-refractivity contribution in [2.24, 2.45) is 0 Å². The first-order valence-electron chi connectivity index (χ1n) is 8.00. The smallest absolute Gasteiger partial charge is 0.237 e. The van der Waals surface area contributed by atoms with Crippen LogP contribution in [0.5, 0.6) is 0 Å². The number of benzene rings is 2. The summed E-state index contributed by atoms with van der Waals surface area (Å²) >= 11 is 1.29. The molecule has 0 radical (unpaired) electrons. The normalized spacial score (nSPS) is 11.2. The number of nitrogens with one attached hydrogen (secondary N) is 2. The number of hydrogen-bond donors (Lipinski definition) is 3. The van der Waals surface area contributed by atoms with Gasteiger partial charge in [0.2, 0.25) is 11.8 Å². The van der Waals surface area contributed by atoms with Crippen LogP contribution in [0.4, 0.5) is 17.1 Å². The van der Waals surface area contributed by atoms with E-state index in [0.29, 0.717) is 11.4 Å². The molecule has 2 aromatic carbocycles. The molecule has 0 fully saturated rings. The van der Waals surface area contributed by atoms with Crippen LogP contribution in [0.3, 0.4) is 0 Å². The zero-order valence-corrected chi connectivity index (χ0v) is 16.7. The van der Waals surface area contributed by atoms with Gasteiger partial charge >= 0.3 is 0 Å². The fourth-order valence-corrected chi connectivity index (χ4v) is 2.80. The Hall–Kier alpha value is -2.18. The van der Waals surface area contributed by atoms with Gasteiger partial charge in [0.25, 0.3) is 0 Å². The molecule has 7 heteroatoms. The molecule has 26 heavy (non-hydrogen) atoms. The Balaban J connectivity index is 0.00000338. The Morgan fingerprint density at radius 2 is 1.73 bits per heavy atom. The van der Waals surface area contributed by atoms with Crippen LogP contribution < -0.4 is 16.4 Å². The first-order chi connectivity index (χ1) is 11.8. The average Bonchev–Trinajstić information content (AvgIpc) is 2.58. The molecule has 0 spiro atoms. The van der Waals surface area contributed by atoms with Crippen LogP contribution in [0.15, 0.2) is 42.5 Å². The van der Waals surface area contributed by atoms with Gasteiger partial charge in [0.05, 0.1) is 11.0 Å². The number of anilines is 3. The molecule has 0 aliphatic rings. The van der Waals surface area contributed by atoms with Gasteiger partial charge in [-0.1, -0.05) is 23.8 Å². The van der Waals surface area contributed by atoms with Gasteiger partial charge < -0.3 is 16.4 Å². The van der Waals surface area contributed by atoms with Gasteiger partial charge in [0, 0.05) is 17.1 Å². The summed E-state index contributed by atoms with van der Waals surface area (Å²) in [6, 6.07) is 13.0. The number of halogens is 1. The number of hydrogen-bond acceptors (Lipinski definition) is 4. The van der Waals surface area contributed by atoms with E-state index in [1.54, 1.807) is 19.1 Å². The lowest BCUT2D eigenvalue weighted by Crippen LogP contribution is -2.25. The van der Waals surface area contributed by atoms with Crippen LogP contribution in [-0.2, 0) is 9.59 Å². The van der Waals surface area contributed by atoms with Crippen LogP contribution in [0, 0.1) is 13.8 Å². The maximum absolute atomic E-state index is 12.3. The summed E-state index contributed by atoms with van der Waals surface area (Å²) < 4.78 is 0. The third-order valence-electron chi connectivity index (χ3n) is 3.69. The van der Waals surface area contributed by atoms with Crippen molar-refractivity contribution in [2.45, 2.75) is 26.0 Å². The molecular formula is C19H24ClN3O2S. The molecule has 2 rings (SSSR count). The Morgan fingerprint density at radius 1 is 1.08 bits per heavy atom. The van der Waals surface area contributed by atoms with Gasteiger partial charge in [-0.15, -0.1) is 24.2 Å². The summed E-state index contributed by atoms with van der Waals surface area (Å²) in [4.78, 5) is 24.3. The highest BCUT2D eigenvalue weighted by atomic mass is 35.5. The van der Waals surface area contributed by atoms with Gasteiger partial charge in [-0.3, -0.25) is 9.59 Å². The summed E-state index contributed by atoms with van der Waals surface area (Å²) in [5.41, 5.74) is 9.87. The second-order valence-corrected chi connectivity index (χ2v) is 7.26. The summed E-state index contributed by atoms with van der Waals surface area (Å²) in [5, 5.41) is 5.32. The van der Waals surface area contributed by atoms with E-state index in [0.717, 1.165) is 16.8 Å². The highest BCUT2D eigenvalue weighted by Crippen LogP contribution is 2.20. The van der Waals surface area contributed by atoms with E-state index < -0.39 is 0 Å². The number of carbonyl (C=O) groups is 2. The Labute approximate surface area is 164 Å². The molecule has 0 saturated heterocycles. The number of rotatable bonds is 6. The molecule has 4 N–H and O–H groups in total. The Kier molecular flexibility index (Phi) is 8.48. The fourth-order valence-electron chi connectivity index (χ4n) is 2.12. The second kappa shape index (κ2) is 10.1. The summed E-state index contributed by atoms with van der Waals surface area (Å²) in [5.74, 6) is -0.0752. The topological polar surface area (TPSA) is 84.2 Å². The monoisotopic (exact) mass is 393 g/mol. The van der Waals surface area contributed by atoms with E-state index in [9.17, 15) is 9.59 Å². The van der Waals surface area contributed by atoms with E-state index in [1.165, 1.54) is 11.8 Å². The Morgan fingerprint density at radius 3 is 2.38 bits per heavy atom.